The van der Waals surface area contributed by atoms with Crippen molar-refractivity contribution >= 4 is 0 Å². The van der Waals surface area contributed by atoms with E-state index >= 15 is 0 Å². The van der Waals surface area contributed by atoms with Gasteiger partial charge >= 0.3 is 0 Å². The van der Waals surface area contributed by atoms with E-state index in [4.69, 9.17) is 0 Å². The lowest BCUT2D eigenvalue weighted by Crippen LogP contribution is -2.43. The first-order valence-electron chi connectivity index (χ1n) is 13.4. The van der Waals surface area contributed by atoms with Gasteiger partial charge in [-0.2, -0.15) is 0 Å². The molecule has 1 nitrogen and oxygen atoms in total. The number of rotatable bonds is 23. The molecular weight excluding hydrogens is 338 g/mol. The Kier molecular flexibility index (Phi) is 21.6. The molecule has 0 amide bonds. The summed E-state index contributed by atoms with van der Waals surface area (Å²) in [4.78, 5) is 0. The lowest BCUT2D eigenvalue weighted by Gasteiger charge is -2.34. The maximum atomic E-state index is 3.83. The average Bonchev–Trinajstić information content (AvgIpc) is 2.72. The summed E-state index contributed by atoms with van der Waals surface area (Å²) in [5.74, 6) is 0. The highest BCUT2D eigenvalue weighted by Crippen LogP contribution is 2.29. The highest BCUT2D eigenvalue weighted by atomic mass is 14.9. The van der Waals surface area contributed by atoms with Crippen LogP contribution in [0.2, 0.25) is 0 Å². The average molecular weight is 396 g/mol. The molecule has 0 unspecified atom stereocenters. The molecule has 0 saturated heterocycles. The molecule has 0 aliphatic rings. The largest absolute Gasteiger partial charge is 0.314 e. The third kappa shape index (κ3) is 16.9. The van der Waals surface area contributed by atoms with Gasteiger partial charge in [0.25, 0.3) is 0 Å². The van der Waals surface area contributed by atoms with Gasteiger partial charge in [-0.25, -0.2) is 0 Å². The van der Waals surface area contributed by atoms with Crippen molar-refractivity contribution in [1.29, 1.82) is 0 Å². The maximum absolute atomic E-state index is 3.83. The van der Waals surface area contributed by atoms with Gasteiger partial charge in [0, 0.05) is 5.54 Å². The van der Waals surface area contributed by atoms with Crippen molar-refractivity contribution in [2.75, 3.05) is 7.05 Å². The van der Waals surface area contributed by atoms with Crippen LogP contribution in [0.5, 0.6) is 0 Å². The Morgan fingerprint density at radius 3 is 0.893 bits per heavy atom. The number of hydrogen-bond donors (Lipinski definition) is 1. The van der Waals surface area contributed by atoms with Crippen LogP contribution in [0.25, 0.3) is 0 Å². The monoisotopic (exact) mass is 395 g/mol. The second-order valence-corrected chi connectivity index (χ2v) is 9.44. The van der Waals surface area contributed by atoms with Crippen LogP contribution in [-0.4, -0.2) is 12.6 Å². The number of nitrogens with one attached hydrogen (secondary N) is 1. The Morgan fingerprint density at radius 2 is 0.643 bits per heavy atom. The van der Waals surface area contributed by atoms with Gasteiger partial charge in [0.2, 0.25) is 0 Å². The Hall–Kier alpha value is -0.0400. The van der Waals surface area contributed by atoms with E-state index in [1.165, 1.54) is 141 Å². The molecule has 0 fully saturated rings. The predicted molar refractivity (Wildman–Crippen MR) is 130 cm³/mol. The molecule has 0 aromatic carbocycles. The van der Waals surface area contributed by atoms with E-state index in [2.05, 4.69) is 33.1 Å². The van der Waals surface area contributed by atoms with Crippen LogP contribution in [0.15, 0.2) is 0 Å². The third-order valence-electron chi connectivity index (χ3n) is 6.81. The first-order valence-corrected chi connectivity index (χ1v) is 13.4. The summed E-state index contributed by atoms with van der Waals surface area (Å²) in [6, 6.07) is 0. The molecule has 0 radical (unpaired) electrons. The zero-order chi connectivity index (χ0) is 20.8. The molecule has 0 rings (SSSR count). The van der Waals surface area contributed by atoms with Crippen molar-refractivity contribution in [2.24, 2.45) is 0 Å². The van der Waals surface area contributed by atoms with Crippen LogP contribution >= 0.6 is 0 Å². The highest BCUT2D eigenvalue weighted by Gasteiger charge is 2.26. The molecule has 170 valence electrons. The maximum Gasteiger partial charge on any atom is 0.0178 e. The highest BCUT2D eigenvalue weighted by molar-refractivity contribution is 4.86. The molecule has 0 aliphatic heterocycles. The van der Waals surface area contributed by atoms with Gasteiger partial charge in [0.1, 0.15) is 0 Å². The van der Waals surface area contributed by atoms with E-state index in [0.717, 1.165) is 0 Å². The van der Waals surface area contributed by atoms with Crippen molar-refractivity contribution < 1.29 is 0 Å². The molecule has 0 aromatic heterocycles. The van der Waals surface area contributed by atoms with Crippen LogP contribution < -0.4 is 5.32 Å². The van der Waals surface area contributed by atoms with Crippen LogP contribution in [0.1, 0.15) is 162 Å². The van der Waals surface area contributed by atoms with Crippen molar-refractivity contribution in [1.82, 2.24) is 5.32 Å². The summed E-state index contributed by atoms with van der Waals surface area (Å²) in [5, 5.41) is 3.83. The van der Waals surface area contributed by atoms with E-state index in [9.17, 15) is 0 Å². The number of unbranched alkanes of at least 4 members (excludes halogenated alkanes) is 16. The van der Waals surface area contributed by atoms with Gasteiger partial charge in [0.05, 0.1) is 0 Å². The minimum Gasteiger partial charge on any atom is -0.314 e. The minimum atomic E-state index is 0.429. The van der Waals surface area contributed by atoms with Crippen LogP contribution in [-0.2, 0) is 0 Å². The predicted octanol–water partition coefficient (Wildman–Crippen LogP) is 9.59. The summed E-state index contributed by atoms with van der Waals surface area (Å²) < 4.78 is 0. The smallest absolute Gasteiger partial charge is 0.0178 e. The summed E-state index contributed by atoms with van der Waals surface area (Å²) in [6.07, 6.45) is 31.3. The normalized spacial score (nSPS) is 12.0. The summed E-state index contributed by atoms with van der Waals surface area (Å²) in [7, 11) is 2.25. The molecule has 0 bridgehead atoms. The van der Waals surface area contributed by atoms with Crippen LogP contribution in [0, 0.1) is 0 Å². The van der Waals surface area contributed by atoms with Crippen molar-refractivity contribution in [3.05, 3.63) is 0 Å². The van der Waals surface area contributed by atoms with E-state index < -0.39 is 0 Å². The fraction of sp³-hybridized carbons (Fsp3) is 1.00. The zero-order valence-corrected chi connectivity index (χ0v) is 20.6. The Bertz CT molecular complexity index is 270. The van der Waals surface area contributed by atoms with Crippen molar-refractivity contribution in [3.8, 4) is 0 Å². The minimum absolute atomic E-state index is 0.429. The number of hydrogen-bond acceptors (Lipinski definition) is 1. The molecule has 0 atom stereocenters. The van der Waals surface area contributed by atoms with E-state index in [0.29, 0.717) is 5.54 Å². The fourth-order valence-corrected chi connectivity index (χ4v) is 4.66. The third-order valence-corrected chi connectivity index (χ3v) is 6.81. The summed E-state index contributed by atoms with van der Waals surface area (Å²) >= 11 is 0. The Morgan fingerprint density at radius 1 is 0.393 bits per heavy atom. The first-order chi connectivity index (χ1) is 13.7. The quantitative estimate of drug-likeness (QED) is 0.170. The van der Waals surface area contributed by atoms with E-state index in [-0.39, 0.29) is 0 Å². The molecular formula is C27H57N. The molecule has 0 aromatic rings. The first kappa shape index (κ1) is 28.0. The second kappa shape index (κ2) is 21.7. The van der Waals surface area contributed by atoms with Crippen molar-refractivity contribution in [2.45, 2.75) is 168 Å². The van der Waals surface area contributed by atoms with Crippen LogP contribution in [0.4, 0.5) is 0 Å². The zero-order valence-electron chi connectivity index (χ0n) is 20.6. The Labute approximate surface area is 180 Å². The van der Waals surface area contributed by atoms with Gasteiger partial charge in [0.15, 0.2) is 0 Å². The molecule has 1 N–H and O–H groups in total. The second-order valence-electron chi connectivity index (χ2n) is 9.44. The standard InChI is InChI=1S/C27H57N/c1-5-8-11-14-17-20-23-26-27(28-4,24-21-18-15-12-9-6-2)25-22-19-16-13-10-7-3/h28H,5-26H2,1-4H3. The lowest BCUT2D eigenvalue weighted by atomic mass is 9.81. The topological polar surface area (TPSA) is 12.0 Å². The van der Waals surface area contributed by atoms with E-state index in [1.54, 1.807) is 0 Å². The van der Waals surface area contributed by atoms with Crippen LogP contribution in [0.3, 0.4) is 0 Å². The lowest BCUT2D eigenvalue weighted by molar-refractivity contribution is 0.252. The fourth-order valence-electron chi connectivity index (χ4n) is 4.66. The van der Waals surface area contributed by atoms with Gasteiger partial charge in [-0.1, -0.05) is 143 Å². The summed E-state index contributed by atoms with van der Waals surface area (Å²) in [6.45, 7) is 6.94. The molecule has 0 aliphatic carbocycles. The SMILES string of the molecule is CCCCCCCCCC(CCCCCCCC)(CCCCCCCC)NC. The molecule has 0 saturated carbocycles. The van der Waals surface area contributed by atoms with Gasteiger partial charge in [-0.05, 0) is 26.3 Å². The molecule has 0 spiro atoms. The molecule has 28 heavy (non-hydrogen) atoms. The summed E-state index contributed by atoms with van der Waals surface area (Å²) in [5.41, 5.74) is 0.429. The van der Waals surface area contributed by atoms with E-state index in [1.807, 2.05) is 0 Å². The Balaban J connectivity index is 4.22. The molecule has 1 heteroatoms. The molecule has 0 heterocycles. The van der Waals surface area contributed by atoms with Gasteiger partial charge < -0.3 is 5.32 Å². The van der Waals surface area contributed by atoms with Gasteiger partial charge in [-0.15, -0.1) is 0 Å². The van der Waals surface area contributed by atoms with Gasteiger partial charge in [-0.3, -0.25) is 0 Å². The van der Waals surface area contributed by atoms with Crippen molar-refractivity contribution in [3.63, 3.8) is 0 Å².